The molecule has 1 unspecified atom stereocenters. The minimum absolute atomic E-state index is 0.000577. The summed E-state index contributed by atoms with van der Waals surface area (Å²) in [7, 11) is 0. The standard InChI is InChI=1S/C9H16N4O/c1-3-10-8-4-9(12-6-11-8)13-7(2)5-14/h4,6-7,14H,3,5H2,1-2H3,(H2,10,11,12,13). The van der Waals surface area contributed by atoms with E-state index >= 15 is 0 Å². The van der Waals surface area contributed by atoms with Gasteiger partial charge in [-0.05, 0) is 13.8 Å². The average molecular weight is 196 g/mol. The summed E-state index contributed by atoms with van der Waals surface area (Å²) in [6.45, 7) is 4.80. The lowest BCUT2D eigenvalue weighted by atomic mass is 10.3. The molecule has 0 aliphatic heterocycles. The molecule has 0 aliphatic carbocycles. The molecular weight excluding hydrogens is 180 g/mol. The van der Waals surface area contributed by atoms with Crippen LogP contribution in [-0.2, 0) is 0 Å². The predicted molar refractivity (Wildman–Crippen MR) is 56.4 cm³/mol. The average Bonchev–Trinajstić information content (AvgIpc) is 2.19. The monoisotopic (exact) mass is 196 g/mol. The molecule has 0 bridgehead atoms. The van der Waals surface area contributed by atoms with Gasteiger partial charge in [0.2, 0.25) is 0 Å². The first-order valence-electron chi connectivity index (χ1n) is 4.69. The van der Waals surface area contributed by atoms with Crippen LogP contribution in [0.25, 0.3) is 0 Å². The quantitative estimate of drug-likeness (QED) is 0.646. The van der Waals surface area contributed by atoms with E-state index in [1.54, 1.807) is 0 Å². The SMILES string of the molecule is CCNc1cc(NC(C)CO)ncn1. The van der Waals surface area contributed by atoms with Crippen LogP contribution in [0.2, 0.25) is 0 Å². The summed E-state index contributed by atoms with van der Waals surface area (Å²) in [5.41, 5.74) is 0. The largest absolute Gasteiger partial charge is 0.394 e. The molecule has 1 atom stereocenters. The van der Waals surface area contributed by atoms with Gasteiger partial charge in [0, 0.05) is 18.7 Å². The van der Waals surface area contributed by atoms with Crippen LogP contribution >= 0.6 is 0 Å². The van der Waals surface area contributed by atoms with Gasteiger partial charge in [0.1, 0.15) is 18.0 Å². The van der Waals surface area contributed by atoms with Crippen molar-refractivity contribution in [2.45, 2.75) is 19.9 Å². The van der Waals surface area contributed by atoms with Crippen LogP contribution in [0.5, 0.6) is 0 Å². The van der Waals surface area contributed by atoms with Gasteiger partial charge in [-0.3, -0.25) is 0 Å². The third-order valence-electron chi connectivity index (χ3n) is 1.69. The molecule has 3 N–H and O–H groups in total. The summed E-state index contributed by atoms with van der Waals surface area (Å²) in [6, 6.07) is 1.81. The minimum atomic E-state index is -0.000577. The number of hydrogen-bond acceptors (Lipinski definition) is 5. The van der Waals surface area contributed by atoms with Crippen molar-refractivity contribution in [1.82, 2.24) is 9.97 Å². The summed E-state index contributed by atoms with van der Waals surface area (Å²) in [5.74, 6) is 1.51. The number of aliphatic hydroxyl groups is 1. The molecule has 0 saturated heterocycles. The summed E-state index contributed by atoms with van der Waals surface area (Å²) < 4.78 is 0. The Morgan fingerprint density at radius 2 is 2.14 bits per heavy atom. The molecule has 0 radical (unpaired) electrons. The van der Waals surface area contributed by atoms with E-state index in [-0.39, 0.29) is 12.6 Å². The van der Waals surface area contributed by atoms with Crippen LogP contribution < -0.4 is 10.6 Å². The molecule has 0 spiro atoms. The van der Waals surface area contributed by atoms with Crippen LogP contribution in [0.15, 0.2) is 12.4 Å². The van der Waals surface area contributed by atoms with Crippen molar-refractivity contribution in [3.8, 4) is 0 Å². The van der Waals surface area contributed by atoms with Gasteiger partial charge < -0.3 is 15.7 Å². The van der Waals surface area contributed by atoms with Gasteiger partial charge in [-0.15, -0.1) is 0 Å². The van der Waals surface area contributed by atoms with Crippen molar-refractivity contribution in [3.63, 3.8) is 0 Å². The second-order valence-electron chi connectivity index (χ2n) is 3.05. The van der Waals surface area contributed by atoms with Crippen LogP contribution in [0.4, 0.5) is 11.6 Å². The molecule has 1 aromatic rings. The third kappa shape index (κ3) is 3.18. The number of hydrogen-bond donors (Lipinski definition) is 3. The zero-order chi connectivity index (χ0) is 10.4. The highest BCUT2D eigenvalue weighted by Crippen LogP contribution is 2.08. The van der Waals surface area contributed by atoms with E-state index in [1.165, 1.54) is 6.33 Å². The van der Waals surface area contributed by atoms with Crippen molar-refractivity contribution < 1.29 is 5.11 Å². The highest BCUT2D eigenvalue weighted by molar-refractivity contribution is 5.46. The van der Waals surface area contributed by atoms with Gasteiger partial charge >= 0.3 is 0 Å². The number of aliphatic hydroxyl groups excluding tert-OH is 1. The first-order chi connectivity index (χ1) is 6.76. The molecule has 5 nitrogen and oxygen atoms in total. The molecule has 0 aliphatic rings. The van der Waals surface area contributed by atoms with E-state index in [9.17, 15) is 0 Å². The van der Waals surface area contributed by atoms with Crippen LogP contribution in [0, 0.1) is 0 Å². The van der Waals surface area contributed by atoms with E-state index in [4.69, 9.17) is 5.11 Å². The molecular formula is C9H16N4O. The van der Waals surface area contributed by atoms with Gasteiger partial charge in [-0.25, -0.2) is 9.97 Å². The summed E-state index contributed by atoms with van der Waals surface area (Å²) >= 11 is 0. The summed E-state index contributed by atoms with van der Waals surface area (Å²) in [6.07, 6.45) is 1.49. The lowest BCUT2D eigenvalue weighted by Crippen LogP contribution is -2.20. The summed E-state index contributed by atoms with van der Waals surface area (Å²) in [4.78, 5) is 8.07. The van der Waals surface area contributed by atoms with E-state index in [0.717, 1.165) is 18.2 Å². The lowest BCUT2D eigenvalue weighted by Gasteiger charge is -2.11. The first kappa shape index (κ1) is 10.7. The maximum atomic E-state index is 8.85. The second kappa shape index (κ2) is 5.39. The topological polar surface area (TPSA) is 70.1 Å². The Balaban J connectivity index is 2.63. The molecule has 0 fully saturated rings. The van der Waals surface area contributed by atoms with E-state index < -0.39 is 0 Å². The molecule has 1 rings (SSSR count). The minimum Gasteiger partial charge on any atom is -0.394 e. The molecule has 1 heterocycles. The Hall–Kier alpha value is -1.36. The normalized spacial score (nSPS) is 12.2. The molecule has 1 aromatic heterocycles. The fraction of sp³-hybridized carbons (Fsp3) is 0.556. The van der Waals surface area contributed by atoms with Crippen LogP contribution in [0.3, 0.4) is 0 Å². The molecule has 14 heavy (non-hydrogen) atoms. The highest BCUT2D eigenvalue weighted by atomic mass is 16.3. The summed E-state index contributed by atoms with van der Waals surface area (Å²) in [5, 5.41) is 15.0. The van der Waals surface area contributed by atoms with E-state index in [1.807, 2.05) is 19.9 Å². The van der Waals surface area contributed by atoms with Crippen LogP contribution in [-0.4, -0.2) is 34.3 Å². The van der Waals surface area contributed by atoms with Gasteiger partial charge in [0.25, 0.3) is 0 Å². The van der Waals surface area contributed by atoms with Crippen molar-refractivity contribution in [2.24, 2.45) is 0 Å². The maximum absolute atomic E-state index is 8.85. The predicted octanol–water partition coefficient (Wildman–Crippen LogP) is 0.701. The van der Waals surface area contributed by atoms with Gasteiger partial charge in [-0.1, -0.05) is 0 Å². The number of anilines is 2. The zero-order valence-electron chi connectivity index (χ0n) is 8.49. The number of nitrogens with one attached hydrogen (secondary N) is 2. The van der Waals surface area contributed by atoms with Crippen molar-refractivity contribution in [2.75, 3.05) is 23.8 Å². The van der Waals surface area contributed by atoms with Crippen LogP contribution in [0.1, 0.15) is 13.8 Å². The van der Waals surface area contributed by atoms with Gasteiger partial charge in [0.15, 0.2) is 0 Å². The number of rotatable bonds is 5. The molecule has 5 heteroatoms. The van der Waals surface area contributed by atoms with Crippen molar-refractivity contribution >= 4 is 11.6 Å². The van der Waals surface area contributed by atoms with Crippen molar-refractivity contribution in [3.05, 3.63) is 12.4 Å². The smallest absolute Gasteiger partial charge is 0.131 e. The Morgan fingerprint density at radius 1 is 1.43 bits per heavy atom. The van der Waals surface area contributed by atoms with Gasteiger partial charge in [-0.2, -0.15) is 0 Å². The van der Waals surface area contributed by atoms with Crippen molar-refractivity contribution in [1.29, 1.82) is 0 Å². The fourth-order valence-electron chi connectivity index (χ4n) is 1.01. The molecule has 78 valence electrons. The number of nitrogens with zero attached hydrogens (tertiary/aromatic N) is 2. The number of aromatic nitrogens is 2. The van der Waals surface area contributed by atoms with E-state index in [0.29, 0.717) is 0 Å². The fourth-order valence-corrected chi connectivity index (χ4v) is 1.01. The third-order valence-corrected chi connectivity index (χ3v) is 1.69. The van der Waals surface area contributed by atoms with Gasteiger partial charge in [0.05, 0.1) is 6.61 Å². The maximum Gasteiger partial charge on any atom is 0.131 e. The Labute approximate surface area is 83.6 Å². The molecule has 0 aromatic carbocycles. The first-order valence-corrected chi connectivity index (χ1v) is 4.69. The highest BCUT2D eigenvalue weighted by Gasteiger charge is 2.01. The van der Waals surface area contributed by atoms with E-state index in [2.05, 4.69) is 20.6 Å². The zero-order valence-corrected chi connectivity index (χ0v) is 8.49. The molecule has 0 saturated carbocycles. The second-order valence-corrected chi connectivity index (χ2v) is 3.05. The Morgan fingerprint density at radius 3 is 2.79 bits per heavy atom. The Bertz CT molecular complexity index is 279. The lowest BCUT2D eigenvalue weighted by molar-refractivity contribution is 0.281. The Kier molecular flexibility index (Phi) is 4.12. The molecule has 0 amide bonds.